The molecule has 1 aliphatic rings. The number of amides is 2. The van der Waals surface area contributed by atoms with E-state index in [1.165, 1.54) is 13.1 Å². The van der Waals surface area contributed by atoms with Gasteiger partial charge in [0.15, 0.2) is 6.10 Å². The lowest BCUT2D eigenvalue weighted by atomic mass is 10.1. The molecule has 26 heavy (non-hydrogen) atoms. The summed E-state index contributed by atoms with van der Waals surface area (Å²) in [6, 6.07) is 11.8. The van der Waals surface area contributed by atoms with E-state index in [4.69, 9.17) is 4.74 Å². The lowest BCUT2D eigenvalue weighted by Crippen LogP contribution is -2.50. The monoisotopic (exact) mass is 357 g/mol. The Morgan fingerprint density at radius 2 is 2.04 bits per heavy atom. The van der Waals surface area contributed by atoms with Crippen LogP contribution in [0.2, 0.25) is 0 Å². The van der Waals surface area contributed by atoms with Gasteiger partial charge in [0.2, 0.25) is 5.91 Å². The molecule has 6 nitrogen and oxygen atoms in total. The van der Waals surface area contributed by atoms with Crippen molar-refractivity contribution >= 4 is 23.2 Å². The van der Waals surface area contributed by atoms with Gasteiger partial charge in [-0.3, -0.25) is 9.59 Å². The number of anilines is 2. The van der Waals surface area contributed by atoms with Gasteiger partial charge in [0.05, 0.1) is 18.8 Å². The van der Waals surface area contributed by atoms with Crippen LogP contribution < -0.4 is 20.3 Å². The first-order chi connectivity index (χ1) is 12.5. The summed E-state index contributed by atoms with van der Waals surface area (Å²) < 4.78 is 19.4. The Morgan fingerprint density at radius 3 is 2.77 bits per heavy atom. The fourth-order valence-corrected chi connectivity index (χ4v) is 2.80. The summed E-state index contributed by atoms with van der Waals surface area (Å²) in [6.07, 6.45) is -0.709. The number of nitrogens with one attached hydrogen (secondary N) is 2. The molecule has 0 saturated heterocycles. The maximum Gasteiger partial charge on any atom is 0.262 e. The van der Waals surface area contributed by atoms with Crippen molar-refractivity contribution in [1.82, 2.24) is 5.32 Å². The summed E-state index contributed by atoms with van der Waals surface area (Å²) in [5.41, 5.74) is 1.64. The third-order valence-corrected chi connectivity index (χ3v) is 4.19. The largest absolute Gasteiger partial charge is 0.477 e. The fourth-order valence-electron chi connectivity index (χ4n) is 2.80. The van der Waals surface area contributed by atoms with Crippen LogP contribution in [-0.2, 0) is 9.59 Å². The van der Waals surface area contributed by atoms with Gasteiger partial charge >= 0.3 is 0 Å². The molecule has 136 valence electrons. The SMILES string of the molecule is CNC(=O)C1CN(CC(=O)Nc2ccc(C)c(F)c2)c2ccccc2O1. The third-order valence-electron chi connectivity index (χ3n) is 4.19. The normalized spacial score (nSPS) is 15.7. The zero-order chi connectivity index (χ0) is 18.7. The number of hydrogen-bond acceptors (Lipinski definition) is 4. The number of rotatable bonds is 4. The average molecular weight is 357 g/mol. The molecule has 0 aromatic heterocycles. The Kier molecular flexibility index (Phi) is 5.06. The van der Waals surface area contributed by atoms with Gasteiger partial charge in [-0.1, -0.05) is 18.2 Å². The highest BCUT2D eigenvalue weighted by molar-refractivity contribution is 5.95. The highest BCUT2D eigenvalue weighted by atomic mass is 19.1. The van der Waals surface area contributed by atoms with Crippen LogP contribution in [0.1, 0.15) is 5.56 Å². The second-order valence-electron chi connectivity index (χ2n) is 6.08. The number of hydrogen-bond donors (Lipinski definition) is 2. The summed E-state index contributed by atoms with van der Waals surface area (Å²) >= 11 is 0. The first-order valence-electron chi connectivity index (χ1n) is 8.26. The van der Waals surface area contributed by atoms with E-state index in [2.05, 4.69) is 10.6 Å². The molecule has 2 N–H and O–H groups in total. The standard InChI is InChI=1S/C19H20FN3O3/c1-12-7-8-13(9-14(12)20)22-18(24)11-23-10-17(19(25)21-2)26-16-6-4-3-5-15(16)23/h3-9,17H,10-11H2,1-2H3,(H,21,25)(H,22,24). The second kappa shape index (κ2) is 7.43. The number of benzene rings is 2. The van der Waals surface area contributed by atoms with Crippen LogP contribution >= 0.6 is 0 Å². The van der Waals surface area contributed by atoms with Crippen molar-refractivity contribution in [3.63, 3.8) is 0 Å². The van der Waals surface area contributed by atoms with Gasteiger partial charge in [-0.25, -0.2) is 4.39 Å². The highest BCUT2D eigenvalue weighted by Crippen LogP contribution is 2.33. The van der Waals surface area contributed by atoms with Crippen LogP contribution in [0.3, 0.4) is 0 Å². The molecule has 2 aromatic rings. The second-order valence-corrected chi connectivity index (χ2v) is 6.08. The lowest BCUT2D eigenvalue weighted by molar-refractivity contribution is -0.127. The predicted molar refractivity (Wildman–Crippen MR) is 96.9 cm³/mol. The molecule has 0 saturated carbocycles. The van der Waals surface area contributed by atoms with Crippen LogP contribution in [0.5, 0.6) is 5.75 Å². The first kappa shape index (κ1) is 17.7. The van der Waals surface area contributed by atoms with Gasteiger partial charge in [0, 0.05) is 12.7 Å². The number of carbonyl (C=O) groups excluding carboxylic acids is 2. The van der Waals surface area contributed by atoms with Crippen molar-refractivity contribution in [1.29, 1.82) is 0 Å². The van der Waals surface area contributed by atoms with Crippen molar-refractivity contribution in [3.05, 3.63) is 53.8 Å². The van der Waals surface area contributed by atoms with Crippen molar-refractivity contribution in [3.8, 4) is 5.75 Å². The van der Waals surface area contributed by atoms with Gasteiger partial charge in [0.1, 0.15) is 11.6 Å². The topological polar surface area (TPSA) is 70.7 Å². The summed E-state index contributed by atoms with van der Waals surface area (Å²) in [5.74, 6) is -0.396. The number of likely N-dealkylation sites (N-methyl/N-ethyl adjacent to an activating group) is 1. The third kappa shape index (κ3) is 3.77. The molecular formula is C19H20FN3O3. The zero-order valence-electron chi connectivity index (χ0n) is 14.6. The van der Waals surface area contributed by atoms with E-state index in [0.29, 0.717) is 17.0 Å². The van der Waals surface area contributed by atoms with Crippen molar-refractivity contribution in [2.24, 2.45) is 0 Å². The molecule has 0 spiro atoms. The minimum Gasteiger partial charge on any atom is -0.477 e. The molecule has 1 unspecified atom stereocenters. The molecule has 0 bridgehead atoms. The minimum absolute atomic E-state index is 0.0172. The van der Waals surface area contributed by atoms with Gasteiger partial charge < -0.3 is 20.3 Å². The van der Waals surface area contributed by atoms with Gasteiger partial charge in [-0.2, -0.15) is 0 Å². The van der Waals surface area contributed by atoms with Crippen LogP contribution in [0, 0.1) is 12.7 Å². The van der Waals surface area contributed by atoms with Crippen LogP contribution in [0.25, 0.3) is 0 Å². The molecule has 1 aliphatic heterocycles. The minimum atomic E-state index is -0.709. The summed E-state index contributed by atoms with van der Waals surface area (Å²) in [5, 5.41) is 5.24. The number of aryl methyl sites for hydroxylation is 1. The van der Waals surface area contributed by atoms with E-state index in [1.807, 2.05) is 12.1 Å². The number of carbonyl (C=O) groups is 2. The predicted octanol–water partition coefficient (Wildman–Crippen LogP) is 2.09. The first-order valence-corrected chi connectivity index (χ1v) is 8.26. The van der Waals surface area contributed by atoms with E-state index < -0.39 is 6.10 Å². The molecule has 1 heterocycles. The molecule has 1 atom stereocenters. The van der Waals surface area contributed by atoms with Gasteiger partial charge in [-0.05, 0) is 36.8 Å². The quantitative estimate of drug-likeness (QED) is 0.879. The van der Waals surface area contributed by atoms with Gasteiger partial charge in [0.25, 0.3) is 5.91 Å². The molecule has 2 amide bonds. The van der Waals surface area contributed by atoms with E-state index >= 15 is 0 Å². The summed E-state index contributed by atoms with van der Waals surface area (Å²) in [4.78, 5) is 26.2. The average Bonchev–Trinajstić information content (AvgIpc) is 2.64. The molecule has 2 aromatic carbocycles. The number of para-hydroxylation sites is 2. The van der Waals surface area contributed by atoms with Crippen molar-refractivity contribution in [2.45, 2.75) is 13.0 Å². The van der Waals surface area contributed by atoms with Crippen molar-refractivity contribution < 1.29 is 18.7 Å². The Hall–Kier alpha value is -3.09. The smallest absolute Gasteiger partial charge is 0.262 e. The van der Waals surface area contributed by atoms with E-state index in [1.54, 1.807) is 36.1 Å². The molecule has 0 fully saturated rings. The molecule has 3 rings (SSSR count). The van der Waals surface area contributed by atoms with E-state index in [9.17, 15) is 14.0 Å². The Bertz CT molecular complexity index is 841. The fraction of sp³-hybridized carbons (Fsp3) is 0.263. The lowest BCUT2D eigenvalue weighted by Gasteiger charge is -2.34. The van der Waals surface area contributed by atoms with E-state index in [-0.39, 0.29) is 30.7 Å². The highest BCUT2D eigenvalue weighted by Gasteiger charge is 2.30. The Morgan fingerprint density at radius 1 is 1.27 bits per heavy atom. The Balaban J connectivity index is 1.75. The number of nitrogens with zero attached hydrogens (tertiary/aromatic N) is 1. The summed E-state index contributed by atoms with van der Waals surface area (Å²) in [7, 11) is 1.54. The van der Waals surface area contributed by atoms with Crippen molar-refractivity contribution in [2.75, 3.05) is 30.4 Å². The number of ether oxygens (including phenoxy) is 1. The van der Waals surface area contributed by atoms with Gasteiger partial charge in [-0.15, -0.1) is 0 Å². The molecule has 7 heteroatoms. The molecular weight excluding hydrogens is 337 g/mol. The molecule has 0 radical (unpaired) electrons. The van der Waals surface area contributed by atoms with Crippen LogP contribution in [0.4, 0.5) is 15.8 Å². The Labute approximate surface area is 150 Å². The number of fused-ring (bicyclic) bond motifs is 1. The maximum atomic E-state index is 13.6. The summed E-state index contributed by atoms with van der Waals surface area (Å²) in [6.45, 7) is 1.92. The van der Waals surface area contributed by atoms with Crippen LogP contribution in [0.15, 0.2) is 42.5 Å². The zero-order valence-corrected chi connectivity index (χ0v) is 14.6. The maximum absolute atomic E-state index is 13.6. The molecule has 0 aliphatic carbocycles. The number of halogens is 1. The van der Waals surface area contributed by atoms with Crippen LogP contribution in [-0.4, -0.2) is 38.1 Å². The van der Waals surface area contributed by atoms with E-state index in [0.717, 1.165) is 5.69 Å².